The molecular formula is C24H22N4O2S. The van der Waals surface area contributed by atoms with Crippen molar-refractivity contribution in [2.24, 2.45) is 10.1 Å². The number of carbonyl (C=O) groups is 1. The molecule has 0 bridgehead atoms. The number of rotatable bonds is 4. The molecule has 7 heteroatoms. The Morgan fingerprint density at radius 2 is 1.90 bits per heavy atom. The van der Waals surface area contributed by atoms with E-state index in [4.69, 9.17) is 14.8 Å². The minimum atomic E-state index is -0.519. The van der Waals surface area contributed by atoms with Gasteiger partial charge in [-0.25, -0.2) is 5.01 Å². The number of amides is 1. The molecule has 2 aliphatic rings. The molecule has 1 atom stereocenters. The van der Waals surface area contributed by atoms with Crippen molar-refractivity contribution in [3.05, 3.63) is 76.8 Å². The number of hydrogen-bond donors (Lipinski definition) is 1. The fraction of sp³-hybridized carbons (Fsp3) is 0.208. The van der Waals surface area contributed by atoms with Crippen molar-refractivity contribution < 1.29 is 9.53 Å². The zero-order valence-corrected chi connectivity index (χ0v) is 18.1. The summed E-state index contributed by atoms with van der Waals surface area (Å²) in [5, 5.41) is 13.8. The molecule has 5 rings (SSSR count). The van der Waals surface area contributed by atoms with E-state index in [0.717, 1.165) is 44.8 Å². The number of ether oxygens (including phenoxy) is 1. The number of hydrogen-bond acceptors (Lipinski definition) is 6. The van der Waals surface area contributed by atoms with Gasteiger partial charge in [-0.15, -0.1) is 5.10 Å². The van der Waals surface area contributed by atoms with Gasteiger partial charge in [-0.2, -0.15) is 0 Å². The molecule has 1 amide bonds. The van der Waals surface area contributed by atoms with Crippen LogP contribution in [0.2, 0.25) is 0 Å². The van der Waals surface area contributed by atoms with Gasteiger partial charge in [0.05, 0.1) is 12.5 Å². The summed E-state index contributed by atoms with van der Waals surface area (Å²) in [6, 6.07) is 19.8. The van der Waals surface area contributed by atoms with Gasteiger partial charge >= 0.3 is 0 Å². The first-order chi connectivity index (χ1) is 15.2. The maximum atomic E-state index is 13.2. The lowest BCUT2D eigenvalue weighted by Gasteiger charge is -2.35. The molecule has 0 spiro atoms. The molecule has 2 aliphatic heterocycles. The third-order valence-corrected chi connectivity index (χ3v) is 6.44. The summed E-state index contributed by atoms with van der Waals surface area (Å²) in [5.74, 6) is 1.42. The molecule has 0 aliphatic carbocycles. The number of nitrogens with one attached hydrogen (secondary N) is 1. The Balaban J connectivity index is 1.79. The third kappa shape index (κ3) is 3.35. The molecule has 0 radical (unpaired) electrons. The number of benzene rings is 3. The quantitative estimate of drug-likeness (QED) is 0.691. The molecule has 0 aromatic heterocycles. The number of thioether (sulfide) groups is 1. The highest BCUT2D eigenvalue weighted by atomic mass is 32.2. The summed E-state index contributed by atoms with van der Waals surface area (Å²) in [5.41, 5.74) is 1.40. The number of nitrogens with zero attached hydrogens (tertiary/aromatic N) is 3. The van der Waals surface area contributed by atoms with Crippen molar-refractivity contribution in [3.8, 4) is 5.75 Å². The first-order valence-electron chi connectivity index (χ1n) is 10.3. The Hall–Kier alpha value is -3.32. The summed E-state index contributed by atoms with van der Waals surface area (Å²) in [4.78, 5) is 18.2. The van der Waals surface area contributed by atoms with E-state index in [1.807, 2.05) is 48.5 Å². The van der Waals surface area contributed by atoms with Crippen molar-refractivity contribution >= 4 is 39.3 Å². The minimum absolute atomic E-state index is 0.167. The minimum Gasteiger partial charge on any atom is -0.496 e. The highest BCUT2D eigenvalue weighted by molar-refractivity contribution is 8.13. The van der Waals surface area contributed by atoms with Gasteiger partial charge in [0.1, 0.15) is 11.4 Å². The van der Waals surface area contributed by atoms with E-state index < -0.39 is 6.17 Å². The van der Waals surface area contributed by atoms with E-state index in [0.29, 0.717) is 10.9 Å². The number of fused-ring (bicyclic) bond motifs is 3. The van der Waals surface area contributed by atoms with E-state index in [-0.39, 0.29) is 5.91 Å². The Bertz CT molecular complexity index is 1330. The second-order valence-corrected chi connectivity index (χ2v) is 8.41. The molecular weight excluding hydrogens is 408 g/mol. The second kappa shape index (κ2) is 8.07. The fourth-order valence-corrected chi connectivity index (χ4v) is 4.71. The lowest BCUT2D eigenvalue weighted by molar-refractivity contribution is -0.116. The molecule has 0 fully saturated rings. The molecule has 31 heavy (non-hydrogen) atoms. The fourth-order valence-electron chi connectivity index (χ4n) is 4.00. The molecule has 3 aromatic carbocycles. The number of methoxy groups -OCH3 is 1. The Morgan fingerprint density at radius 3 is 2.74 bits per heavy atom. The van der Waals surface area contributed by atoms with Gasteiger partial charge < -0.3 is 4.74 Å². The molecule has 0 saturated carbocycles. The van der Waals surface area contributed by atoms with Gasteiger partial charge in [0.15, 0.2) is 11.3 Å². The van der Waals surface area contributed by atoms with E-state index in [9.17, 15) is 4.79 Å². The third-order valence-electron chi connectivity index (χ3n) is 5.37. The predicted molar refractivity (Wildman–Crippen MR) is 124 cm³/mol. The zero-order valence-electron chi connectivity index (χ0n) is 17.3. The lowest BCUT2D eigenvalue weighted by Crippen LogP contribution is -2.50. The SMILES string of the molecule is CCCSC1=NN2C(=c3ccccc3=N[C@H]2c2c(OC)ccc3ccccc23)C(=O)N1. The van der Waals surface area contributed by atoms with Crippen LogP contribution in [0.5, 0.6) is 5.75 Å². The maximum Gasteiger partial charge on any atom is 0.276 e. The van der Waals surface area contributed by atoms with Crippen LogP contribution in [0.25, 0.3) is 16.5 Å². The van der Waals surface area contributed by atoms with Gasteiger partial charge in [0, 0.05) is 16.5 Å². The van der Waals surface area contributed by atoms with Crippen LogP contribution in [0, 0.1) is 0 Å². The van der Waals surface area contributed by atoms with Crippen LogP contribution >= 0.6 is 11.8 Å². The summed E-state index contributed by atoms with van der Waals surface area (Å²) in [6.45, 7) is 2.10. The number of amidine groups is 1. The molecule has 2 heterocycles. The first kappa shape index (κ1) is 19.6. The van der Waals surface area contributed by atoms with Crippen LogP contribution in [0.4, 0.5) is 0 Å². The lowest BCUT2D eigenvalue weighted by atomic mass is 9.99. The smallest absolute Gasteiger partial charge is 0.276 e. The largest absolute Gasteiger partial charge is 0.496 e. The molecule has 6 nitrogen and oxygen atoms in total. The second-order valence-electron chi connectivity index (χ2n) is 7.32. The van der Waals surface area contributed by atoms with E-state index in [1.54, 1.807) is 12.1 Å². The number of carbonyl (C=O) groups excluding carboxylic acids is 1. The Morgan fingerprint density at radius 1 is 1.10 bits per heavy atom. The Kier molecular flexibility index (Phi) is 5.11. The molecule has 0 saturated heterocycles. The van der Waals surface area contributed by atoms with Crippen LogP contribution in [0.1, 0.15) is 25.1 Å². The highest BCUT2D eigenvalue weighted by Gasteiger charge is 2.36. The first-order valence-corrected chi connectivity index (χ1v) is 11.2. The average Bonchev–Trinajstić information content (AvgIpc) is 2.81. The van der Waals surface area contributed by atoms with Crippen LogP contribution in [0.3, 0.4) is 0 Å². The summed E-state index contributed by atoms with van der Waals surface area (Å²) in [7, 11) is 1.66. The highest BCUT2D eigenvalue weighted by Crippen LogP contribution is 2.39. The standard InChI is InChI=1S/C24H22N4O2S/c1-3-14-31-24-26-23(29)21-17-10-6-7-11-18(17)25-22(28(21)27-24)20-16-9-5-4-8-15(16)12-13-19(20)30-2/h4-13,22H,3,14H2,1-2H3,(H,26,27,29)/t22-/m1/s1. The van der Waals surface area contributed by atoms with E-state index in [1.165, 1.54) is 11.8 Å². The number of hydrazone groups is 1. The normalized spacial score (nSPS) is 17.4. The van der Waals surface area contributed by atoms with Crippen molar-refractivity contribution in [3.63, 3.8) is 0 Å². The van der Waals surface area contributed by atoms with Crippen LogP contribution < -0.4 is 20.6 Å². The Labute approximate surface area is 184 Å². The topological polar surface area (TPSA) is 66.3 Å². The monoisotopic (exact) mass is 430 g/mol. The summed E-state index contributed by atoms with van der Waals surface area (Å²) >= 11 is 1.54. The maximum absolute atomic E-state index is 13.2. The average molecular weight is 431 g/mol. The molecule has 3 aromatic rings. The summed E-state index contributed by atoms with van der Waals surface area (Å²) in [6.07, 6.45) is 0.471. The van der Waals surface area contributed by atoms with E-state index in [2.05, 4.69) is 24.4 Å². The van der Waals surface area contributed by atoms with Crippen molar-refractivity contribution in [1.29, 1.82) is 0 Å². The van der Waals surface area contributed by atoms with Crippen LogP contribution in [0.15, 0.2) is 70.8 Å². The van der Waals surface area contributed by atoms with Crippen molar-refractivity contribution in [2.75, 3.05) is 12.9 Å². The molecule has 1 N–H and O–H groups in total. The van der Waals surface area contributed by atoms with Gasteiger partial charge in [0.2, 0.25) is 0 Å². The van der Waals surface area contributed by atoms with Gasteiger partial charge in [-0.05, 0) is 29.3 Å². The summed E-state index contributed by atoms with van der Waals surface area (Å²) < 4.78 is 5.74. The number of para-hydroxylation sites is 1. The van der Waals surface area contributed by atoms with Crippen LogP contribution in [-0.2, 0) is 4.79 Å². The van der Waals surface area contributed by atoms with E-state index >= 15 is 0 Å². The van der Waals surface area contributed by atoms with Gasteiger partial charge in [0.25, 0.3) is 5.91 Å². The van der Waals surface area contributed by atoms with Crippen molar-refractivity contribution in [1.82, 2.24) is 10.3 Å². The van der Waals surface area contributed by atoms with Gasteiger partial charge in [-0.3, -0.25) is 15.1 Å². The zero-order chi connectivity index (χ0) is 21.4. The van der Waals surface area contributed by atoms with Gasteiger partial charge in [-0.1, -0.05) is 67.2 Å². The molecule has 156 valence electrons. The predicted octanol–water partition coefficient (Wildman–Crippen LogP) is 3.13. The van der Waals surface area contributed by atoms with Crippen LogP contribution in [-0.4, -0.2) is 28.9 Å². The molecule has 0 unspecified atom stereocenters. The van der Waals surface area contributed by atoms with Crippen molar-refractivity contribution in [2.45, 2.75) is 19.5 Å².